The van der Waals surface area contributed by atoms with Gasteiger partial charge in [0.25, 0.3) is 0 Å². The number of nitrogens with two attached hydrogens (primary N) is 1. The second-order valence-corrected chi connectivity index (χ2v) is 5.09. The number of ether oxygens (including phenoxy) is 1. The van der Waals surface area contributed by atoms with Crippen LogP contribution in [0.4, 0.5) is 11.4 Å². The first kappa shape index (κ1) is 13.5. The minimum atomic E-state index is 0.0556. The molecule has 2 aromatic rings. The van der Waals surface area contributed by atoms with Gasteiger partial charge in [-0.25, -0.2) is 4.68 Å². The predicted octanol–water partition coefficient (Wildman–Crippen LogP) is 2.47. The average Bonchev–Trinajstić information content (AvgIpc) is 2.75. The van der Waals surface area contributed by atoms with Crippen molar-refractivity contribution in [1.82, 2.24) is 9.78 Å². The van der Waals surface area contributed by atoms with E-state index in [1.54, 1.807) is 4.68 Å². The largest absolute Gasteiger partial charge is 0.437 e. The van der Waals surface area contributed by atoms with Gasteiger partial charge in [0.15, 0.2) is 0 Å². The molecule has 2 heterocycles. The van der Waals surface area contributed by atoms with Crippen molar-refractivity contribution < 1.29 is 9.53 Å². The molecule has 0 bridgehead atoms. The maximum atomic E-state index is 11.4. The highest BCUT2D eigenvalue weighted by atomic mass is 16.5. The molecule has 0 unspecified atom stereocenters. The molecule has 0 aliphatic carbocycles. The number of nitrogens with zero attached hydrogens (tertiary/aromatic N) is 2. The van der Waals surface area contributed by atoms with E-state index in [9.17, 15) is 4.79 Å². The second-order valence-electron chi connectivity index (χ2n) is 5.09. The Morgan fingerprint density at radius 1 is 1.43 bits per heavy atom. The van der Waals surface area contributed by atoms with Gasteiger partial charge in [-0.2, -0.15) is 5.10 Å². The highest BCUT2D eigenvalue weighted by Crippen LogP contribution is 2.33. The van der Waals surface area contributed by atoms with E-state index in [0.29, 0.717) is 30.3 Å². The number of carbonyl (C=O) groups is 1. The molecule has 6 nitrogen and oxygen atoms in total. The van der Waals surface area contributed by atoms with Gasteiger partial charge >= 0.3 is 0 Å². The summed E-state index contributed by atoms with van der Waals surface area (Å²) in [6, 6.07) is 5.63. The van der Waals surface area contributed by atoms with E-state index in [0.717, 1.165) is 23.4 Å². The number of fused-ring (bicyclic) bond motifs is 1. The number of benzene rings is 1. The number of hydrogen-bond acceptors (Lipinski definition) is 4. The van der Waals surface area contributed by atoms with E-state index in [-0.39, 0.29) is 5.91 Å². The van der Waals surface area contributed by atoms with Crippen LogP contribution < -0.4 is 15.8 Å². The first-order valence-corrected chi connectivity index (χ1v) is 7.02. The third kappa shape index (κ3) is 2.44. The molecule has 21 heavy (non-hydrogen) atoms. The van der Waals surface area contributed by atoms with Gasteiger partial charge in [0.1, 0.15) is 11.4 Å². The predicted molar refractivity (Wildman–Crippen MR) is 80.5 cm³/mol. The maximum absolute atomic E-state index is 11.4. The topological polar surface area (TPSA) is 82.2 Å². The van der Waals surface area contributed by atoms with Crippen LogP contribution in [0, 0.1) is 6.92 Å². The molecule has 1 aliphatic heterocycles. The minimum absolute atomic E-state index is 0.0556. The molecule has 0 saturated heterocycles. The van der Waals surface area contributed by atoms with Gasteiger partial charge in [-0.1, -0.05) is 0 Å². The summed E-state index contributed by atoms with van der Waals surface area (Å²) in [6.07, 6.45) is 1.23. The van der Waals surface area contributed by atoms with Gasteiger partial charge < -0.3 is 15.8 Å². The van der Waals surface area contributed by atoms with Crippen molar-refractivity contribution in [2.75, 3.05) is 11.1 Å². The first-order valence-electron chi connectivity index (χ1n) is 7.02. The SMILES string of the molecule is CCn1nc(C)c(N)c1Oc1ccc2c(c1)CCC(=O)N2. The van der Waals surface area contributed by atoms with E-state index in [1.165, 1.54) is 0 Å². The van der Waals surface area contributed by atoms with Crippen LogP contribution in [0.1, 0.15) is 24.6 Å². The fraction of sp³-hybridized carbons (Fsp3) is 0.333. The molecule has 6 heteroatoms. The zero-order valence-electron chi connectivity index (χ0n) is 12.1. The highest BCUT2D eigenvalue weighted by Gasteiger charge is 2.17. The summed E-state index contributed by atoms with van der Waals surface area (Å²) in [5.41, 5.74) is 9.26. The number of nitrogens with one attached hydrogen (secondary N) is 1. The van der Waals surface area contributed by atoms with Crippen LogP contribution in [0.3, 0.4) is 0 Å². The third-order valence-corrected chi connectivity index (χ3v) is 3.61. The Bertz CT molecular complexity index is 706. The molecule has 3 rings (SSSR count). The van der Waals surface area contributed by atoms with Crippen LogP contribution in [0.15, 0.2) is 18.2 Å². The van der Waals surface area contributed by atoms with Gasteiger partial charge in [-0.05, 0) is 44.0 Å². The Balaban J connectivity index is 1.91. The van der Waals surface area contributed by atoms with Crippen molar-refractivity contribution in [3.8, 4) is 11.6 Å². The molecule has 0 atom stereocenters. The molecular formula is C15H18N4O2. The summed E-state index contributed by atoms with van der Waals surface area (Å²) in [4.78, 5) is 11.4. The zero-order valence-corrected chi connectivity index (χ0v) is 12.1. The number of carbonyl (C=O) groups excluding carboxylic acids is 1. The normalized spacial score (nSPS) is 13.7. The van der Waals surface area contributed by atoms with Crippen molar-refractivity contribution in [2.45, 2.75) is 33.2 Å². The monoisotopic (exact) mass is 286 g/mol. The van der Waals surface area contributed by atoms with Crippen LogP contribution in [0.2, 0.25) is 0 Å². The van der Waals surface area contributed by atoms with E-state index in [4.69, 9.17) is 10.5 Å². The quantitative estimate of drug-likeness (QED) is 0.908. The molecule has 0 radical (unpaired) electrons. The van der Waals surface area contributed by atoms with E-state index in [2.05, 4.69) is 10.4 Å². The summed E-state index contributed by atoms with van der Waals surface area (Å²) in [5.74, 6) is 1.32. The van der Waals surface area contributed by atoms with E-state index in [1.807, 2.05) is 32.0 Å². The Labute approximate surface area is 122 Å². The summed E-state index contributed by atoms with van der Waals surface area (Å²) >= 11 is 0. The van der Waals surface area contributed by atoms with Gasteiger partial charge in [0.2, 0.25) is 11.8 Å². The lowest BCUT2D eigenvalue weighted by Gasteiger charge is -2.17. The van der Waals surface area contributed by atoms with Crippen molar-refractivity contribution in [1.29, 1.82) is 0 Å². The van der Waals surface area contributed by atoms with Crippen LogP contribution >= 0.6 is 0 Å². The molecule has 1 aromatic heterocycles. The van der Waals surface area contributed by atoms with Crippen molar-refractivity contribution in [3.05, 3.63) is 29.5 Å². The van der Waals surface area contributed by atoms with Gasteiger partial charge in [-0.15, -0.1) is 0 Å². The number of anilines is 2. The van der Waals surface area contributed by atoms with Crippen molar-refractivity contribution in [2.24, 2.45) is 0 Å². The Hall–Kier alpha value is -2.50. The number of amides is 1. The Morgan fingerprint density at radius 3 is 3.00 bits per heavy atom. The van der Waals surface area contributed by atoms with Crippen molar-refractivity contribution >= 4 is 17.3 Å². The smallest absolute Gasteiger partial charge is 0.241 e. The fourth-order valence-corrected chi connectivity index (χ4v) is 2.43. The lowest BCUT2D eigenvalue weighted by atomic mass is 10.0. The van der Waals surface area contributed by atoms with Gasteiger partial charge in [0.05, 0.1) is 5.69 Å². The standard InChI is InChI=1S/C15H18N4O2/c1-3-19-15(14(16)9(2)18-19)21-11-5-6-12-10(8-11)4-7-13(20)17-12/h5-6,8H,3-4,7,16H2,1-2H3,(H,17,20). The third-order valence-electron chi connectivity index (χ3n) is 3.61. The Morgan fingerprint density at radius 2 is 2.24 bits per heavy atom. The van der Waals surface area contributed by atoms with Crippen LogP contribution in [-0.2, 0) is 17.8 Å². The molecule has 1 aliphatic rings. The molecule has 1 aromatic carbocycles. The van der Waals surface area contributed by atoms with Gasteiger partial charge in [0, 0.05) is 18.7 Å². The molecule has 110 valence electrons. The Kier molecular flexibility index (Phi) is 3.29. The fourth-order valence-electron chi connectivity index (χ4n) is 2.43. The molecule has 0 fully saturated rings. The number of aromatic nitrogens is 2. The maximum Gasteiger partial charge on any atom is 0.241 e. The molecular weight excluding hydrogens is 268 g/mol. The van der Waals surface area contributed by atoms with E-state index < -0.39 is 0 Å². The zero-order chi connectivity index (χ0) is 15.0. The first-order chi connectivity index (χ1) is 10.1. The minimum Gasteiger partial charge on any atom is -0.437 e. The van der Waals surface area contributed by atoms with Gasteiger partial charge in [-0.3, -0.25) is 4.79 Å². The average molecular weight is 286 g/mol. The van der Waals surface area contributed by atoms with Crippen molar-refractivity contribution in [3.63, 3.8) is 0 Å². The van der Waals surface area contributed by atoms with E-state index >= 15 is 0 Å². The molecule has 3 N–H and O–H groups in total. The number of rotatable bonds is 3. The number of nitrogen functional groups attached to an aromatic ring is 1. The molecule has 1 amide bonds. The lowest BCUT2D eigenvalue weighted by Crippen LogP contribution is -2.18. The summed E-state index contributed by atoms with van der Waals surface area (Å²) < 4.78 is 7.65. The summed E-state index contributed by atoms with van der Waals surface area (Å²) in [5, 5.41) is 7.18. The lowest BCUT2D eigenvalue weighted by molar-refractivity contribution is -0.116. The highest BCUT2D eigenvalue weighted by molar-refractivity contribution is 5.94. The van der Waals surface area contributed by atoms with Crippen LogP contribution in [-0.4, -0.2) is 15.7 Å². The number of aryl methyl sites for hydroxylation is 3. The number of hydrogen-bond donors (Lipinski definition) is 2. The molecule has 0 saturated carbocycles. The summed E-state index contributed by atoms with van der Waals surface area (Å²) in [6.45, 7) is 4.53. The second kappa shape index (κ2) is 5.12. The summed E-state index contributed by atoms with van der Waals surface area (Å²) in [7, 11) is 0. The van der Waals surface area contributed by atoms with Crippen LogP contribution in [0.5, 0.6) is 11.6 Å². The molecule has 0 spiro atoms. The van der Waals surface area contributed by atoms with Crippen LogP contribution in [0.25, 0.3) is 0 Å².